The van der Waals surface area contributed by atoms with Gasteiger partial charge in [0.1, 0.15) is 0 Å². The Balaban J connectivity index is 2.50. The van der Waals surface area contributed by atoms with Crippen LogP contribution in [0.4, 0.5) is 5.13 Å². The summed E-state index contributed by atoms with van der Waals surface area (Å²) in [6.07, 6.45) is 2.64. The monoisotopic (exact) mass is 229 g/mol. The van der Waals surface area contributed by atoms with Gasteiger partial charge in [0.2, 0.25) is 0 Å². The maximum Gasteiger partial charge on any atom is 0.180 e. The van der Waals surface area contributed by atoms with Crippen LogP contribution in [0, 0.1) is 0 Å². The third kappa shape index (κ3) is 4.15. The molecule has 5 heteroatoms. The molecule has 0 aliphatic heterocycles. The van der Waals surface area contributed by atoms with E-state index in [0.717, 1.165) is 19.5 Å². The number of rotatable bonds is 6. The van der Waals surface area contributed by atoms with Crippen molar-refractivity contribution < 1.29 is 5.11 Å². The zero-order valence-electron chi connectivity index (χ0n) is 9.31. The van der Waals surface area contributed by atoms with Crippen molar-refractivity contribution in [1.29, 1.82) is 0 Å². The van der Waals surface area contributed by atoms with Crippen LogP contribution >= 0.6 is 11.3 Å². The van der Waals surface area contributed by atoms with E-state index in [1.165, 1.54) is 16.2 Å². The first-order chi connectivity index (χ1) is 7.13. The molecule has 0 saturated carbocycles. The molecule has 0 aliphatic carbocycles. The summed E-state index contributed by atoms with van der Waals surface area (Å²) in [6, 6.07) is 0.472. The second kappa shape index (κ2) is 6.05. The van der Waals surface area contributed by atoms with E-state index in [1.54, 1.807) is 0 Å². The first-order valence-electron chi connectivity index (χ1n) is 5.18. The molecule has 0 unspecified atom stereocenters. The van der Waals surface area contributed by atoms with Gasteiger partial charge in [0.05, 0.1) is 0 Å². The van der Waals surface area contributed by atoms with Gasteiger partial charge in [-0.25, -0.2) is 4.98 Å². The molecule has 0 saturated heterocycles. The molecule has 0 aromatic carbocycles. The number of aromatic nitrogens is 1. The highest BCUT2D eigenvalue weighted by Crippen LogP contribution is 2.17. The normalized spacial score (nSPS) is 11.5. The zero-order valence-corrected chi connectivity index (χ0v) is 10.1. The fraction of sp³-hybridized carbons (Fsp3) is 0.700. The lowest BCUT2D eigenvalue weighted by molar-refractivity contribution is 0.186. The smallest absolute Gasteiger partial charge is 0.180 e. The van der Waals surface area contributed by atoms with Crippen LogP contribution < -0.4 is 5.73 Å². The summed E-state index contributed by atoms with van der Waals surface area (Å²) in [6.45, 7) is 6.33. The maximum absolute atomic E-state index is 8.81. The molecule has 1 aromatic rings. The summed E-state index contributed by atoms with van der Waals surface area (Å²) in [4.78, 5) is 7.52. The highest BCUT2D eigenvalue weighted by Gasteiger charge is 2.11. The number of thiazole rings is 1. The Morgan fingerprint density at radius 3 is 2.80 bits per heavy atom. The highest BCUT2D eigenvalue weighted by atomic mass is 32.1. The van der Waals surface area contributed by atoms with Crippen molar-refractivity contribution in [2.24, 2.45) is 0 Å². The van der Waals surface area contributed by atoms with Crippen LogP contribution in [-0.4, -0.2) is 34.2 Å². The molecule has 0 fully saturated rings. The quantitative estimate of drug-likeness (QED) is 0.772. The summed E-state index contributed by atoms with van der Waals surface area (Å²) in [5, 5.41) is 9.43. The number of nitrogen functional groups attached to an aromatic ring is 1. The van der Waals surface area contributed by atoms with Crippen LogP contribution in [-0.2, 0) is 6.54 Å². The minimum absolute atomic E-state index is 0.244. The van der Waals surface area contributed by atoms with Gasteiger partial charge < -0.3 is 10.8 Å². The average molecular weight is 229 g/mol. The lowest BCUT2D eigenvalue weighted by Gasteiger charge is -2.25. The van der Waals surface area contributed by atoms with E-state index < -0.39 is 0 Å². The summed E-state index contributed by atoms with van der Waals surface area (Å²) < 4.78 is 0. The second-order valence-corrected chi connectivity index (χ2v) is 4.95. The Morgan fingerprint density at radius 1 is 1.60 bits per heavy atom. The molecule has 0 aliphatic rings. The number of nitrogens with zero attached hydrogens (tertiary/aromatic N) is 2. The van der Waals surface area contributed by atoms with Gasteiger partial charge in [0.15, 0.2) is 5.13 Å². The standard InChI is InChI=1S/C10H19N3OS/c1-8(2)13(4-3-5-14)7-9-6-12-10(11)15-9/h6,8,14H,3-5,7H2,1-2H3,(H2,11,12). The van der Waals surface area contributed by atoms with Crippen LogP contribution in [0.1, 0.15) is 25.1 Å². The summed E-state index contributed by atoms with van der Waals surface area (Å²) in [5.41, 5.74) is 5.58. The third-order valence-electron chi connectivity index (χ3n) is 2.26. The molecule has 0 spiro atoms. The molecule has 1 heterocycles. The predicted molar refractivity (Wildman–Crippen MR) is 63.8 cm³/mol. The maximum atomic E-state index is 8.81. The summed E-state index contributed by atoms with van der Waals surface area (Å²) >= 11 is 1.53. The summed E-state index contributed by atoms with van der Waals surface area (Å²) in [7, 11) is 0. The topological polar surface area (TPSA) is 62.4 Å². The molecule has 1 aromatic heterocycles. The molecular weight excluding hydrogens is 210 g/mol. The predicted octanol–water partition coefficient (Wildman–Crippen LogP) is 1.32. The number of nitrogens with two attached hydrogens (primary N) is 1. The molecule has 0 bridgehead atoms. The van der Waals surface area contributed by atoms with Gasteiger partial charge in [-0.2, -0.15) is 0 Å². The van der Waals surface area contributed by atoms with Gasteiger partial charge in [-0.1, -0.05) is 0 Å². The van der Waals surface area contributed by atoms with Crippen molar-refractivity contribution in [1.82, 2.24) is 9.88 Å². The number of hydrogen-bond donors (Lipinski definition) is 2. The van der Waals surface area contributed by atoms with Gasteiger partial charge in [0, 0.05) is 36.8 Å². The second-order valence-electron chi connectivity index (χ2n) is 3.81. The Kier molecular flexibility index (Phi) is 5.01. The Bertz CT molecular complexity index is 288. The first kappa shape index (κ1) is 12.4. The molecule has 0 atom stereocenters. The van der Waals surface area contributed by atoms with Crippen molar-refractivity contribution in [2.45, 2.75) is 32.9 Å². The molecule has 86 valence electrons. The SMILES string of the molecule is CC(C)N(CCCO)Cc1cnc(N)s1. The zero-order chi connectivity index (χ0) is 11.3. The van der Waals surface area contributed by atoms with E-state index in [1.807, 2.05) is 6.20 Å². The fourth-order valence-corrected chi connectivity index (χ4v) is 2.10. The van der Waals surface area contributed by atoms with E-state index in [9.17, 15) is 0 Å². The van der Waals surface area contributed by atoms with Gasteiger partial charge in [0.25, 0.3) is 0 Å². The van der Waals surface area contributed by atoms with Gasteiger partial charge in [-0.05, 0) is 20.3 Å². The largest absolute Gasteiger partial charge is 0.396 e. The Morgan fingerprint density at radius 2 is 2.33 bits per heavy atom. The summed E-state index contributed by atoms with van der Waals surface area (Å²) in [5.74, 6) is 0. The number of anilines is 1. The van der Waals surface area contributed by atoms with Crippen LogP contribution in [0.2, 0.25) is 0 Å². The number of aliphatic hydroxyl groups excluding tert-OH is 1. The van der Waals surface area contributed by atoms with Crippen LogP contribution in [0.15, 0.2) is 6.20 Å². The van der Waals surface area contributed by atoms with Crippen LogP contribution in [0.5, 0.6) is 0 Å². The molecule has 1 rings (SSSR count). The van der Waals surface area contributed by atoms with E-state index in [0.29, 0.717) is 11.2 Å². The van der Waals surface area contributed by atoms with E-state index in [2.05, 4.69) is 23.7 Å². The van der Waals surface area contributed by atoms with Crippen molar-refractivity contribution in [3.05, 3.63) is 11.1 Å². The van der Waals surface area contributed by atoms with Crippen molar-refractivity contribution in [2.75, 3.05) is 18.9 Å². The number of aliphatic hydroxyl groups is 1. The van der Waals surface area contributed by atoms with Gasteiger partial charge >= 0.3 is 0 Å². The molecule has 15 heavy (non-hydrogen) atoms. The number of hydrogen-bond acceptors (Lipinski definition) is 5. The van der Waals surface area contributed by atoms with Crippen molar-refractivity contribution in [3.8, 4) is 0 Å². The van der Waals surface area contributed by atoms with E-state index in [4.69, 9.17) is 10.8 Å². The highest BCUT2D eigenvalue weighted by molar-refractivity contribution is 7.15. The van der Waals surface area contributed by atoms with Crippen LogP contribution in [0.3, 0.4) is 0 Å². The molecular formula is C10H19N3OS. The first-order valence-corrected chi connectivity index (χ1v) is 6.00. The lowest BCUT2D eigenvalue weighted by atomic mass is 10.3. The molecule has 0 amide bonds. The van der Waals surface area contributed by atoms with Crippen molar-refractivity contribution in [3.63, 3.8) is 0 Å². The third-order valence-corrected chi connectivity index (χ3v) is 3.08. The van der Waals surface area contributed by atoms with Crippen molar-refractivity contribution >= 4 is 16.5 Å². The molecule has 3 N–H and O–H groups in total. The van der Waals surface area contributed by atoms with Gasteiger partial charge in [-0.15, -0.1) is 11.3 Å². The van der Waals surface area contributed by atoms with Gasteiger partial charge in [-0.3, -0.25) is 4.90 Å². The van der Waals surface area contributed by atoms with E-state index >= 15 is 0 Å². The Hall–Kier alpha value is -0.650. The average Bonchev–Trinajstić information content (AvgIpc) is 2.58. The minimum atomic E-state index is 0.244. The van der Waals surface area contributed by atoms with E-state index in [-0.39, 0.29) is 6.61 Å². The minimum Gasteiger partial charge on any atom is -0.396 e. The fourth-order valence-electron chi connectivity index (χ4n) is 1.39. The Labute approximate surface area is 94.7 Å². The molecule has 0 radical (unpaired) electrons. The molecule has 4 nitrogen and oxygen atoms in total. The van der Waals surface area contributed by atoms with Crippen LogP contribution in [0.25, 0.3) is 0 Å². The lowest BCUT2D eigenvalue weighted by Crippen LogP contribution is -2.31.